The van der Waals surface area contributed by atoms with Gasteiger partial charge in [0.15, 0.2) is 6.04 Å². The lowest BCUT2D eigenvalue weighted by Crippen LogP contribution is -2.53. The van der Waals surface area contributed by atoms with Crippen molar-refractivity contribution in [3.8, 4) is 0 Å². The van der Waals surface area contributed by atoms with Crippen LogP contribution in [0.1, 0.15) is 20.3 Å². The Balaban J connectivity index is 2.50. The van der Waals surface area contributed by atoms with E-state index in [-0.39, 0.29) is 25.2 Å². The number of nitrogens with zero attached hydrogens (tertiary/aromatic N) is 1. The molecule has 1 rings (SSSR count). The number of carboxylic acid groups (broad SMARTS) is 1. The van der Waals surface area contributed by atoms with Gasteiger partial charge in [-0.15, -0.1) is 0 Å². The third kappa shape index (κ3) is 3.98. The molecule has 2 atom stereocenters. The molecule has 1 saturated heterocycles. The van der Waals surface area contributed by atoms with Crippen LogP contribution in [0.15, 0.2) is 0 Å². The molecule has 6 nitrogen and oxygen atoms in total. The van der Waals surface area contributed by atoms with E-state index in [1.54, 1.807) is 0 Å². The molecule has 1 aliphatic heterocycles. The van der Waals surface area contributed by atoms with Crippen molar-refractivity contribution in [3.63, 3.8) is 0 Å². The van der Waals surface area contributed by atoms with Crippen LogP contribution in [0.3, 0.4) is 0 Å². The lowest BCUT2D eigenvalue weighted by Gasteiger charge is -2.33. The van der Waals surface area contributed by atoms with Crippen LogP contribution < -0.4 is 0 Å². The van der Waals surface area contributed by atoms with Gasteiger partial charge in [0.05, 0.1) is 19.3 Å². The fourth-order valence-electron chi connectivity index (χ4n) is 1.52. The van der Waals surface area contributed by atoms with Crippen molar-refractivity contribution in [1.82, 2.24) is 4.90 Å². The first kappa shape index (κ1) is 13.9. The van der Waals surface area contributed by atoms with Crippen molar-refractivity contribution in [2.24, 2.45) is 0 Å². The number of morpholine rings is 1. The zero-order valence-corrected chi connectivity index (χ0v) is 10.2. The summed E-state index contributed by atoms with van der Waals surface area (Å²) in [6.45, 7) is 4.49. The van der Waals surface area contributed by atoms with Crippen molar-refractivity contribution in [3.05, 3.63) is 0 Å². The van der Waals surface area contributed by atoms with Crippen molar-refractivity contribution < 1.29 is 24.2 Å². The number of rotatable bonds is 5. The molecule has 6 heteroatoms. The molecular weight excluding hydrogens is 226 g/mol. The topological polar surface area (TPSA) is 76.1 Å². The second kappa shape index (κ2) is 6.56. The lowest BCUT2D eigenvalue weighted by atomic mass is 10.2. The maximum Gasteiger partial charge on any atom is 0.328 e. The Morgan fingerprint density at radius 3 is 2.88 bits per heavy atom. The summed E-state index contributed by atoms with van der Waals surface area (Å²) in [5.74, 6) is -1.33. The van der Waals surface area contributed by atoms with Gasteiger partial charge in [-0.2, -0.15) is 0 Å². The highest BCUT2D eigenvalue weighted by Gasteiger charge is 2.32. The molecule has 17 heavy (non-hydrogen) atoms. The third-order valence-electron chi connectivity index (χ3n) is 2.80. The Bertz CT molecular complexity index is 281. The van der Waals surface area contributed by atoms with E-state index in [0.29, 0.717) is 13.2 Å². The predicted octanol–water partition coefficient (Wildman–Crippen LogP) is 0.114. The highest BCUT2D eigenvalue weighted by Crippen LogP contribution is 2.08. The minimum absolute atomic E-state index is 0.00303. The van der Waals surface area contributed by atoms with Gasteiger partial charge in [-0.3, -0.25) is 4.79 Å². The first-order valence-electron chi connectivity index (χ1n) is 5.77. The maximum absolute atomic E-state index is 11.8. The van der Waals surface area contributed by atoms with Crippen LogP contribution >= 0.6 is 0 Å². The van der Waals surface area contributed by atoms with Crippen molar-refractivity contribution in [2.45, 2.75) is 32.4 Å². The van der Waals surface area contributed by atoms with Crippen molar-refractivity contribution in [1.29, 1.82) is 0 Å². The molecule has 0 bridgehead atoms. The maximum atomic E-state index is 11.8. The van der Waals surface area contributed by atoms with Gasteiger partial charge in [-0.25, -0.2) is 4.79 Å². The van der Waals surface area contributed by atoms with Gasteiger partial charge >= 0.3 is 5.97 Å². The van der Waals surface area contributed by atoms with Crippen molar-refractivity contribution in [2.75, 3.05) is 26.4 Å². The Labute approximate surface area is 100 Å². The number of amides is 1. The molecule has 1 amide bonds. The van der Waals surface area contributed by atoms with E-state index in [2.05, 4.69) is 0 Å². The normalized spacial score (nSPS) is 22.2. The molecule has 98 valence electrons. The molecular formula is C11H19NO5. The predicted molar refractivity (Wildman–Crippen MR) is 59.7 cm³/mol. The Morgan fingerprint density at radius 1 is 1.59 bits per heavy atom. The number of hydrogen-bond donors (Lipinski definition) is 1. The van der Waals surface area contributed by atoms with Gasteiger partial charge < -0.3 is 19.5 Å². The highest BCUT2D eigenvalue weighted by atomic mass is 16.5. The summed E-state index contributed by atoms with van der Waals surface area (Å²) in [6.07, 6.45) is 0.821. The smallest absolute Gasteiger partial charge is 0.328 e. The zero-order chi connectivity index (χ0) is 12.8. The summed E-state index contributed by atoms with van der Waals surface area (Å²) in [6, 6.07) is -0.892. The minimum atomic E-state index is -1.04. The van der Waals surface area contributed by atoms with Crippen LogP contribution in [0.25, 0.3) is 0 Å². The summed E-state index contributed by atoms with van der Waals surface area (Å²) in [5, 5.41) is 8.97. The molecule has 0 aromatic carbocycles. The molecule has 0 saturated carbocycles. The summed E-state index contributed by atoms with van der Waals surface area (Å²) in [4.78, 5) is 24.1. The van der Waals surface area contributed by atoms with E-state index in [4.69, 9.17) is 14.6 Å². The number of carboxylic acids is 1. The summed E-state index contributed by atoms with van der Waals surface area (Å²) in [7, 11) is 0. The quantitative estimate of drug-likeness (QED) is 0.744. The Morgan fingerprint density at radius 2 is 2.29 bits per heavy atom. The van der Waals surface area contributed by atoms with Gasteiger partial charge in [0.2, 0.25) is 5.91 Å². The van der Waals surface area contributed by atoms with Gasteiger partial charge in [-0.1, -0.05) is 6.92 Å². The SMILES string of the molecule is CCC(C)OCC(=O)N1CCOCC1C(=O)O. The Hall–Kier alpha value is -1.14. The van der Waals surface area contributed by atoms with E-state index in [9.17, 15) is 9.59 Å². The number of carbonyl (C=O) groups excluding carboxylic acids is 1. The molecule has 1 heterocycles. The lowest BCUT2D eigenvalue weighted by molar-refractivity contribution is -0.161. The molecule has 1 aliphatic rings. The molecule has 1 N–H and O–H groups in total. The van der Waals surface area contributed by atoms with Gasteiger partial charge in [0, 0.05) is 6.54 Å². The molecule has 0 aromatic heterocycles. The van der Waals surface area contributed by atoms with Gasteiger partial charge in [0.25, 0.3) is 0 Å². The van der Waals surface area contributed by atoms with Gasteiger partial charge in [-0.05, 0) is 13.3 Å². The summed E-state index contributed by atoms with van der Waals surface area (Å²) < 4.78 is 10.4. The number of aliphatic carboxylic acids is 1. The minimum Gasteiger partial charge on any atom is -0.480 e. The number of ether oxygens (including phenoxy) is 2. The molecule has 0 radical (unpaired) electrons. The average Bonchev–Trinajstić information content (AvgIpc) is 2.35. The molecule has 0 spiro atoms. The summed E-state index contributed by atoms with van der Waals surface area (Å²) in [5.41, 5.74) is 0. The second-order valence-electron chi connectivity index (χ2n) is 4.05. The number of hydrogen-bond acceptors (Lipinski definition) is 4. The van der Waals surface area contributed by atoms with Crippen LogP contribution in [0, 0.1) is 0 Å². The monoisotopic (exact) mass is 245 g/mol. The van der Waals surface area contributed by atoms with Crippen LogP contribution in [0.2, 0.25) is 0 Å². The van der Waals surface area contributed by atoms with Crippen LogP contribution in [0.5, 0.6) is 0 Å². The molecule has 0 aromatic rings. The van der Waals surface area contributed by atoms with E-state index in [0.717, 1.165) is 6.42 Å². The molecule has 0 aliphatic carbocycles. The molecule has 2 unspecified atom stereocenters. The van der Waals surface area contributed by atoms with E-state index in [1.165, 1.54) is 4.90 Å². The fourth-order valence-corrected chi connectivity index (χ4v) is 1.52. The van der Waals surface area contributed by atoms with Crippen LogP contribution in [-0.2, 0) is 19.1 Å². The zero-order valence-electron chi connectivity index (χ0n) is 10.2. The fraction of sp³-hybridized carbons (Fsp3) is 0.818. The van der Waals surface area contributed by atoms with E-state index < -0.39 is 12.0 Å². The van der Waals surface area contributed by atoms with Crippen LogP contribution in [0.4, 0.5) is 0 Å². The first-order chi connectivity index (χ1) is 8.06. The highest BCUT2D eigenvalue weighted by molar-refractivity contribution is 5.84. The first-order valence-corrected chi connectivity index (χ1v) is 5.77. The van der Waals surface area contributed by atoms with Gasteiger partial charge in [0.1, 0.15) is 6.61 Å². The van der Waals surface area contributed by atoms with Crippen LogP contribution in [-0.4, -0.2) is 60.4 Å². The second-order valence-corrected chi connectivity index (χ2v) is 4.05. The van der Waals surface area contributed by atoms with Crippen molar-refractivity contribution >= 4 is 11.9 Å². The third-order valence-corrected chi connectivity index (χ3v) is 2.80. The van der Waals surface area contributed by atoms with E-state index in [1.807, 2.05) is 13.8 Å². The largest absolute Gasteiger partial charge is 0.480 e. The molecule has 1 fully saturated rings. The summed E-state index contributed by atoms with van der Waals surface area (Å²) >= 11 is 0. The van der Waals surface area contributed by atoms with E-state index >= 15 is 0 Å². The Kier molecular flexibility index (Phi) is 5.37. The number of carbonyl (C=O) groups is 2. The standard InChI is InChI=1S/C11H19NO5/c1-3-8(2)17-7-10(13)12-4-5-16-6-9(12)11(14)15/h8-9H,3-7H2,1-2H3,(H,14,15). The average molecular weight is 245 g/mol.